The Balaban J connectivity index is 1.87. The Morgan fingerprint density at radius 1 is 1.27 bits per heavy atom. The Labute approximate surface area is 132 Å². The summed E-state index contributed by atoms with van der Waals surface area (Å²) in [5, 5.41) is 3.83. The van der Waals surface area contributed by atoms with Gasteiger partial charge in [0.25, 0.3) is 5.56 Å². The van der Waals surface area contributed by atoms with Crippen LogP contribution in [0.15, 0.2) is 29.1 Å². The molecule has 3 aromatic rings. The molecule has 5 nitrogen and oxygen atoms in total. The number of thiazole rings is 1. The molecule has 3 rings (SSSR count). The van der Waals surface area contributed by atoms with Crippen molar-refractivity contribution in [1.29, 1.82) is 0 Å². The number of hydrogen-bond donors (Lipinski definition) is 2. The fraction of sp³-hybridized carbons (Fsp3) is 0.312. The van der Waals surface area contributed by atoms with Crippen molar-refractivity contribution in [2.45, 2.75) is 33.1 Å². The van der Waals surface area contributed by atoms with E-state index in [0.29, 0.717) is 5.95 Å². The Kier molecular flexibility index (Phi) is 4.20. The smallest absolute Gasteiger partial charge is 0.255 e. The molecule has 0 aliphatic carbocycles. The lowest BCUT2D eigenvalue weighted by molar-refractivity contribution is 0.775. The second-order valence-electron chi connectivity index (χ2n) is 5.19. The quantitative estimate of drug-likeness (QED) is 0.752. The Morgan fingerprint density at radius 2 is 2.09 bits per heavy atom. The maximum Gasteiger partial charge on any atom is 0.255 e. The van der Waals surface area contributed by atoms with E-state index in [0.717, 1.165) is 45.9 Å². The topological polar surface area (TPSA) is 70.7 Å². The SMILES string of the molecule is CCCCc1c(C)nc(Nc2nc3ccccc3s2)[nH]c1=O. The molecule has 0 aliphatic rings. The van der Waals surface area contributed by atoms with Gasteiger partial charge < -0.3 is 5.32 Å². The highest BCUT2D eigenvalue weighted by molar-refractivity contribution is 7.22. The largest absolute Gasteiger partial charge is 0.302 e. The zero-order valence-corrected chi connectivity index (χ0v) is 13.5. The van der Waals surface area contributed by atoms with Crippen molar-refractivity contribution < 1.29 is 0 Å². The minimum Gasteiger partial charge on any atom is -0.302 e. The maximum atomic E-state index is 12.2. The van der Waals surface area contributed by atoms with Crippen LogP contribution in [-0.4, -0.2) is 15.0 Å². The number of benzene rings is 1. The van der Waals surface area contributed by atoms with Crippen molar-refractivity contribution >= 4 is 32.6 Å². The second kappa shape index (κ2) is 6.27. The van der Waals surface area contributed by atoms with Crippen molar-refractivity contribution in [3.63, 3.8) is 0 Å². The number of hydrogen-bond acceptors (Lipinski definition) is 5. The number of aromatic amines is 1. The molecule has 2 aromatic heterocycles. The van der Waals surface area contributed by atoms with Crippen LogP contribution in [-0.2, 0) is 6.42 Å². The van der Waals surface area contributed by atoms with E-state index < -0.39 is 0 Å². The summed E-state index contributed by atoms with van der Waals surface area (Å²) in [5.41, 5.74) is 2.43. The summed E-state index contributed by atoms with van der Waals surface area (Å²) < 4.78 is 1.10. The normalized spacial score (nSPS) is 11.0. The minimum atomic E-state index is -0.0652. The molecule has 0 unspecified atom stereocenters. The number of nitrogens with zero attached hydrogens (tertiary/aromatic N) is 2. The zero-order chi connectivity index (χ0) is 15.5. The van der Waals surface area contributed by atoms with Gasteiger partial charge in [-0.05, 0) is 31.9 Å². The molecule has 0 spiro atoms. The molecule has 6 heteroatoms. The predicted octanol–water partition coefficient (Wildman–Crippen LogP) is 3.77. The monoisotopic (exact) mass is 314 g/mol. The van der Waals surface area contributed by atoms with Gasteiger partial charge in [-0.15, -0.1) is 0 Å². The van der Waals surface area contributed by atoms with Gasteiger partial charge >= 0.3 is 0 Å². The van der Waals surface area contributed by atoms with Crippen LogP contribution in [0.1, 0.15) is 31.0 Å². The fourth-order valence-electron chi connectivity index (χ4n) is 2.34. The molecule has 114 valence electrons. The number of para-hydroxylation sites is 1. The minimum absolute atomic E-state index is 0.0652. The third-order valence-corrected chi connectivity index (χ3v) is 4.47. The second-order valence-corrected chi connectivity index (χ2v) is 6.22. The van der Waals surface area contributed by atoms with E-state index >= 15 is 0 Å². The van der Waals surface area contributed by atoms with Crippen molar-refractivity contribution in [3.05, 3.63) is 45.9 Å². The molecule has 0 radical (unpaired) electrons. The molecule has 0 atom stereocenters. The molecule has 2 heterocycles. The summed E-state index contributed by atoms with van der Waals surface area (Å²) >= 11 is 1.54. The molecule has 0 saturated heterocycles. The van der Waals surface area contributed by atoms with Crippen molar-refractivity contribution in [2.75, 3.05) is 5.32 Å². The van der Waals surface area contributed by atoms with Crippen molar-refractivity contribution in [3.8, 4) is 0 Å². The van der Waals surface area contributed by atoms with Crippen LogP contribution >= 0.6 is 11.3 Å². The zero-order valence-electron chi connectivity index (χ0n) is 12.6. The first-order chi connectivity index (χ1) is 10.7. The summed E-state index contributed by atoms with van der Waals surface area (Å²) in [7, 11) is 0. The number of H-pyrrole nitrogens is 1. The lowest BCUT2D eigenvalue weighted by atomic mass is 10.1. The summed E-state index contributed by atoms with van der Waals surface area (Å²) in [4.78, 5) is 23.9. The highest BCUT2D eigenvalue weighted by Crippen LogP contribution is 2.26. The Hall–Kier alpha value is -2.21. The van der Waals surface area contributed by atoms with Crippen LogP contribution < -0.4 is 10.9 Å². The van der Waals surface area contributed by atoms with Crippen LogP contribution in [0.3, 0.4) is 0 Å². The summed E-state index contributed by atoms with van der Waals surface area (Å²) in [6.45, 7) is 3.99. The molecular formula is C16H18N4OS. The fourth-order valence-corrected chi connectivity index (χ4v) is 3.21. The molecule has 0 saturated carbocycles. The number of aryl methyl sites for hydroxylation is 1. The first-order valence-corrected chi connectivity index (χ1v) is 8.21. The van der Waals surface area contributed by atoms with Crippen LogP contribution in [0.5, 0.6) is 0 Å². The Bertz CT molecular complexity index is 820. The molecule has 0 bridgehead atoms. The van der Waals surface area contributed by atoms with Crippen LogP contribution in [0, 0.1) is 6.92 Å². The lowest BCUT2D eigenvalue weighted by Gasteiger charge is -2.06. The molecule has 22 heavy (non-hydrogen) atoms. The lowest BCUT2D eigenvalue weighted by Crippen LogP contribution is -2.18. The molecule has 0 amide bonds. The first kappa shape index (κ1) is 14.7. The van der Waals surface area contributed by atoms with Gasteiger partial charge in [-0.25, -0.2) is 9.97 Å². The molecule has 1 aromatic carbocycles. The van der Waals surface area contributed by atoms with Crippen LogP contribution in [0.4, 0.5) is 11.1 Å². The van der Waals surface area contributed by atoms with Gasteiger partial charge in [0.2, 0.25) is 5.95 Å². The highest BCUT2D eigenvalue weighted by atomic mass is 32.1. The summed E-state index contributed by atoms with van der Waals surface area (Å²) in [5.74, 6) is 0.446. The molecular weight excluding hydrogens is 296 g/mol. The van der Waals surface area contributed by atoms with Gasteiger partial charge in [-0.3, -0.25) is 9.78 Å². The molecule has 0 aliphatic heterocycles. The first-order valence-electron chi connectivity index (χ1n) is 7.39. The Morgan fingerprint density at radius 3 is 2.82 bits per heavy atom. The van der Waals surface area contributed by atoms with Gasteiger partial charge in [0.1, 0.15) is 0 Å². The van der Waals surface area contributed by atoms with E-state index in [1.165, 1.54) is 11.3 Å². The summed E-state index contributed by atoms with van der Waals surface area (Å²) in [6.07, 6.45) is 2.83. The third-order valence-electron chi connectivity index (χ3n) is 3.52. The van der Waals surface area contributed by atoms with Gasteiger partial charge in [0.05, 0.1) is 10.2 Å². The average molecular weight is 314 g/mol. The number of nitrogens with one attached hydrogen (secondary N) is 2. The highest BCUT2D eigenvalue weighted by Gasteiger charge is 2.09. The van der Waals surface area contributed by atoms with E-state index in [-0.39, 0.29) is 5.56 Å². The van der Waals surface area contributed by atoms with E-state index in [4.69, 9.17) is 0 Å². The average Bonchev–Trinajstić information content (AvgIpc) is 2.88. The van der Waals surface area contributed by atoms with Gasteiger partial charge in [0, 0.05) is 11.3 Å². The van der Waals surface area contributed by atoms with Crippen LogP contribution in [0.25, 0.3) is 10.2 Å². The number of aromatic nitrogens is 3. The van der Waals surface area contributed by atoms with Crippen molar-refractivity contribution in [2.24, 2.45) is 0 Å². The van der Waals surface area contributed by atoms with E-state index in [9.17, 15) is 4.79 Å². The van der Waals surface area contributed by atoms with E-state index in [2.05, 4.69) is 27.2 Å². The van der Waals surface area contributed by atoms with E-state index in [1.807, 2.05) is 31.2 Å². The van der Waals surface area contributed by atoms with E-state index in [1.54, 1.807) is 0 Å². The standard InChI is InChI=1S/C16H18N4OS/c1-3-4-7-11-10(2)17-15(19-14(11)21)20-16-18-12-8-5-6-9-13(12)22-16/h5-6,8-9H,3-4,7H2,1-2H3,(H2,17,18,19,20,21). The summed E-state index contributed by atoms with van der Waals surface area (Å²) in [6, 6.07) is 7.93. The van der Waals surface area contributed by atoms with Crippen molar-refractivity contribution in [1.82, 2.24) is 15.0 Å². The number of anilines is 2. The number of rotatable bonds is 5. The van der Waals surface area contributed by atoms with Crippen LogP contribution in [0.2, 0.25) is 0 Å². The van der Waals surface area contributed by atoms with Gasteiger partial charge in [-0.1, -0.05) is 36.8 Å². The maximum absolute atomic E-state index is 12.2. The van der Waals surface area contributed by atoms with Gasteiger partial charge in [-0.2, -0.15) is 0 Å². The third kappa shape index (κ3) is 3.01. The number of fused-ring (bicyclic) bond motifs is 1. The molecule has 2 N–H and O–H groups in total. The van der Waals surface area contributed by atoms with Gasteiger partial charge in [0.15, 0.2) is 5.13 Å². The number of unbranched alkanes of at least 4 members (excludes halogenated alkanes) is 1. The molecule has 0 fully saturated rings. The predicted molar refractivity (Wildman–Crippen MR) is 91.1 cm³/mol.